The van der Waals surface area contributed by atoms with Crippen molar-refractivity contribution in [1.29, 1.82) is 0 Å². The van der Waals surface area contributed by atoms with Crippen LogP contribution in [-0.4, -0.2) is 29.2 Å². The fourth-order valence-corrected chi connectivity index (χ4v) is 1.06. The highest BCUT2D eigenvalue weighted by atomic mass is 16.3. The summed E-state index contributed by atoms with van der Waals surface area (Å²) in [6.07, 6.45) is 4.53. The SMILES string of the molecule is CCCCCCN(CO)C(C)=O. The van der Waals surface area contributed by atoms with Crippen LogP contribution in [0, 0.1) is 0 Å². The molecule has 0 heterocycles. The molecule has 0 saturated heterocycles. The molecule has 3 heteroatoms. The van der Waals surface area contributed by atoms with Gasteiger partial charge < -0.3 is 10.0 Å². The number of carbonyl (C=O) groups excluding carboxylic acids is 1. The van der Waals surface area contributed by atoms with Crippen molar-refractivity contribution in [2.24, 2.45) is 0 Å². The highest BCUT2D eigenvalue weighted by Gasteiger charge is 2.04. The summed E-state index contributed by atoms with van der Waals surface area (Å²) in [5.41, 5.74) is 0. The van der Waals surface area contributed by atoms with Crippen molar-refractivity contribution in [3.05, 3.63) is 0 Å². The van der Waals surface area contributed by atoms with Crippen LogP contribution in [0.4, 0.5) is 0 Å². The summed E-state index contributed by atoms with van der Waals surface area (Å²) in [5.74, 6) is -0.0472. The number of aliphatic hydroxyl groups is 1. The lowest BCUT2D eigenvalue weighted by Gasteiger charge is -2.17. The van der Waals surface area contributed by atoms with Crippen molar-refractivity contribution in [3.8, 4) is 0 Å². The van der Waals surface area contributed by atoms with Gasteiger partial charge in [0, 0.05) is 13.5 Å². The zero-order chi connectivity index (χ0) is 9.40. The van der Waals surface area contributed by atoms with Gasteiger partial charge in [-0.25, -0.2) is 0 Å². The van der Waals surface area contributed by atoms with Gasteiger partial charge in [0.1, 0.15) is 6.73 Å². The van der Waals surface area contributed by atoms with E-state index in [1.807, 2.05) is 0 Å². The van der Waals surface area contributed by atoms with Gasteiger partial charge in [0.25, 0.3) is 0 Å². The Bertz CT molecular complexity index is 126. The van der Waals surface area contributed by atoms with Crippen molar-refractivity contribution in [2.45, 2.75) is 39.5 Å². The van der Waals surface area contributed by atoms with Gasteiger partial charge in [-0.3, -0.25) is 4.79 Å². The molecule has 0 radical (unpaired) electrons. The van der Waals surface area contributed by atoms with E-state index < -0.39 is 0 Å². The Labute approximate surface area is 74.4 Å². The predicted octanol–water partition coefficient (Wildman–Crippen LogP) is 1.36. The van der Waals surface area contributed by atoms with E-state index in [4.69, 9.17) is 5.11 Å². The molecule has 0 aliphatic rings. The maximum Gasteiger partial charge on any atom is 0.221 e. The lowest BCUT2D eigenvalue weighted by molar-refractivity contribution is -0.132. The van der Waals surface area contributed by atoms with Crippen molar-refractivity contribution in [1.82, 2.24) is 4.90 Å². The smallest absolute Gasteiger partial charge is 0.221 e. The van der Waals surface area contributed by atoms with Gasteiger partial charge in [-0.1, -0.05) is 26.2 Å². The number of nitrogens with zero attached hydrogens (tertiary/aromatic N) is 1. The van der Waals surface area contributed by atoms with Crippen LogP contribution in [0.1, 0.15) is 39.5 Å². The highest BCUT2D eigenvalue weighted by Crippen LogP contribution is 2.00. The minimum Gasteiger partial charge on any atom is -0.376 e. The van der Waals surface area contributed by atoms with Gasteiger partial charge in [-0.15, -0.1) is 0 Å². The zero-order valence-corrected chi connectivity index (χ0v) is 8.05. The molecule has 0 aliphatic carbocycles. The van der Waals surface area contributed by atoms with Gasteiger partial charge in [-0.05, 0) is 6.42 Å². The molecule has 0 spiro atoms. The Morgan fingerprint density at radius 2 is 2.00 bits per heavy atom. The molecule has 0 fully saturated rings. The molecule has 0 aliphatic heterocycles. The Morgan fingerprint density at radius 1 is 1.33 bits per heavy atom. The fraction of sp³-hybridized carbons (Fsp3) is 0.889. The summed E-state index contributed by atoms with van der Waals surface area (Å²) in [7, 11) is 0. The van der Waals surface area contributed by atoms with Gasteiger partial charge in [0.15, 0.2) is 0 Å². The second kappa shape index (κ2) is 7.10. The third kappa shape index (κ3) is 5.13. The molecule has 1 N–H and O–H groups in total. The Morgan fingerprint density at radius 3 is 2.42 bits per heavy atom. The van der Waals surface area contributed by atoms with Crippen LogP contribution >= 0.6 is 0 Å². The van der Waals surface area contributed by atoms with E-state index in [0.717, 1.165) is 12.8 Å². The lowest BCUT2D eigenvalue weighted by atomic mass is 10.2. The predicted molar refractivity (Wildman–Crippen MR) is 48.6 cm³/mol. The number of amides is 1. The van der Waals surface area contributed by atoms with E-state index >= 15 is 0 Å². The topological polar surface area (TPSA) is 40.5 Å². The summed E-state index contributed by atoms with van der Waals surface area (Å²) in [6.45, 7) is 4.16. The second-order valence-corrected chi connectivity index (χ2v) is 2.98. The summed E-state index contributed by atoms with van der Waals surface area (Å²) >= 11 is 0. The number of rotatable bonds is 6. The third-order valence-electron chi connectivity index (χ3n) is 1.90. The van der Waals surface area contributed by atoms with E-state index in [1.165, 1.54) is 24.7 Å². The average Bonchev–Trinajstić information content (AvgIpc) is 2.04. The molecular formula is C9H19NO2. The molecule has 0 aromatic carbocycles. The van der Waals surface area contributed by atoms with Crippen molar-refractivity contribution >= 4 is 5.91 Å². The van der Waals surface area contributed by atoms with Crippen LogP contribution in [0.15, 0.2) is 0 Å². The molecule has 0 bridgehead atoms. The molecule has 12 heavy (non-hydrogen) atoms. The monoisotopic (exact) mass is 173 g/mol. The molecule has 0 atom stereocenters. The molecule has 1 amide bonds. The standard InChI is InChI=1S/C9H19NO2/c1-3-4-5-6-7-10(8-11)9(2)12/h11H,3-8H2,1-2H3. The molecule has 72 valence electrons. The van der Waals surface area contributed by atoms with E-state index in [0.29, 0.717) is 6.54 Å². The lowest BCUT2D eigenvalue weighted by Crippen LogP contribution is -2.30. The van der Waals surface area contributed by atoms with Gasteiger partial charge in [-0.2, -0.15) is 0 Å². The maximum absolute atomic E-state index is 10.8. The van der Waals surface area contributed by atoms with E-state index in [-0.39, 0.29) is 12.6 Å². The van der Waals surface area contributed by atoms with Crippen LogP contribution in [0.3, 0.4) is 0 Å². The third-order valence-corrected chi connectivity index (χ3v) is 1.90. The van der Waals surface area contributed by atoms with Crippen molar-refractivity contribution < 1.29 is 9.90 Å². The Kier molecular flexibility index (Phi) is 6.76. The number of hydrogen-bond acceptors (Lipinski definition) is 2. The summed E-state index contributed by atoms with van der Waals surface area (Å²) in [5, 5.41) is 8.76. The van der Waals surface area contributed by atoms with Crippen LogP contribution in [-0.2, 0) is 4.79 Å². The Hall–Kier alpha value is -0.570. The summed E-state index contributed by atoms with van der Waals surface area (Å²) in [4.78, 5) is 12.3. The molecule has 0 aromatic rings. The average molecular weight is 173 g/mol. The van der Waals surface area contributed by atoms with Crippen LogP contribution in [0.2, 0.25) is 0 Å². The summed E-state index contributed by atoms with van der Waals surface area (Å²) < 4.78 is 0. The first kappa shape index (κ1) is 11.4. The first-order valence-corrected chi connectivity index (χ1v) is 4.58. The molecule has 0 rings (SSSR count). The van der Waals surface area contributed by atoms with Gasteiger partial charge in [0.05, 0.1) is 0 Å². The first-order chi connectivity index (χ1) is 5.72. The van der Waals surface area contributed by atoms with E-state index in [1.54, 1.807) is 0 Å². The molecule has 0 saturated carbocycles. The molecular weight excluding hydrogens is 154 g/mol. The first-order valence-electron chi connectivity index (χ1n) is 4.58. The normalized spacial score (nSPS) is 9.92. The molecule has 3 nitrogen and oxygen atoms in total. The second-order valence-electron chi connectivity index (χ2n) is 2.98. The molecule has 0 aromatic heterocycles. The number of unbranched alkanes of at least 4 members (excludes halogenated alkanes) is 3. The maximum atomic E-state index is 10.8. The van der Waals surface area contributed by atoms with Crippen LogP contribution in [0.25, 0.3) is 0 Å². The fourth-order valence-electron chi connectivity index (χ4n) is 1.06. The minimum absolute atomic E-state index is 0.0472. The number of carbonyl (C=O) groups is 1. The molecule has 0 unspecified atom stereocenters. The van der Waals surface area contributed by atoms with Gasteiger partial charge >= 0.3 is 0 Å². The quantitative estimate of drug-likeness (QED) is 0.486. The van der Waals surface area contributed by atoms with Crippen LogP contribution < -0.4 is 0 Å². The Balaban J connectivity index is 3.38. The van der Waals surface area contributed by atoms with Crippen molar-refractivity contribution in [2.75, 3.05) is 13.3 Å². The summed E-state index contributed by atoms with van der Waals surface area (Å²) in [6, 6.07) is 0. The number of hydrogen-bond donors (Lipinski definition) is 1. The zero-order valence-electron chi connectivity index (χ0n) is 8.05. The minimum atomic E-state index is -0.151. The van der Waals surface area contributed by atoms with Gasteiger partial charge in [0.2, 0.25) is 5.91 Å². The largest absolute Gasteiger partial charge is 0.376 e. The van der Waals surface area contributed by atoms with Crippen molar-refractivity contribution in [3.63, 3.8) is 0 Å². The van der Waals surface area contributed by atoms with E-state index in [2.05, 4.69) is 6.92 Å². The van der Waals surface area contributed by atoms with Crippen LogP contribution in [0.5, 0.6) is 0 Å². The number of aliphatic hydroxyl groups excluding tert-OH is 1. The van der Waals surface area contributed by atoms with E-state index in [9.17, 15) is 4.79 Å². The highest BCUT2D eigenvalue weighted by molar-refractivity contribution is 5.72.